The van der Waals surface area contributed by atoms with Gasteiger partial charge in [0.15, 0.2) is 6.54 Å². The van der Waals surface area contributed by atoms with E-state index in [4.69, 9.17) is 0 Å². The van der Waals surface area contributed by atoms with Gasteiger partial charge < -0.3 is 10.2 Å². The van der Waals surface area contributed by atoms with Crippen molar-refractivity contribution in [3.63, 3.8) is 0 Å². The first-order valence-corrected chi connectivity index (χ1v) is 9.43. The summed E-state index contributed by atoms with van der Waals surface area (Å²) >= 11 is 0. The first-order valence-electron chi connectivity index (χ1n) is 9.43. The van der Waals surface area contributed by atoms with Gasteiger partial charge in [-0.3, -0.25) is 15.0 Å². The van der Waals surface area contributed by atoms with E-state index in [-0.39, 0.29) is 12.4 Å². The number of amides is 4. The molecule has 0 bridgehead atoms. The Labute approximate surface area is 168 Å². The molecule has 152 valence electrons. The highest BCUT2D eigenvalue weighted by atomic mass is 19.1. The van der Waals surface area contributed by atoms with E-state index in [1.807, 2.05) is 6.07 Å². The van der Waals surface area contributed by atoms with Crippen molar-refractivity contribution in [3.8, 4) is 0 Å². The number of urea groups is 1. The number of halogens is 1. The van der Waals surface area contributed by atoms with Crippen LogP contribution in [-0.2, 0) is 21.7 Å². The standard InChI is InChI=1S/C21H23FN4O3/c1-3-21(16-7-5-4-6-8-16)19(28)26(20(29)23-21)24-18(27)14-25(2)13-15-9-11-17(22)12-10-15/h4-12H,3,13-14H2,1-2H3,(H,23,29)(H,24,27)/p+1/t21-/m0/s1. The van der Waals surface area contributed by atoms with Gasteiger partial charge in [-0.15, -0.1) is 0 Å². The van der Waals surface area contributed by atoms with Crippen molar-refractivity contribution < 1.29 is 23.7 Å². The van der Waals surface area contributed by atoms with Crippen LogP contribution in [0.2, 0.25) is 0 Å². The van der Waals surface area contributed by atoms with Crippen LogP contribution in [0.1, 0.15) is 24.5 Å². The number of benzene rings is 2. The summed E-state index contributed by atoms with van der Waals surface area (Å²) in [5, 5.41) is 3.47. The van der Waals surface area contributed by atoms with Crippen LogP contribution >= 0.6 is 0 Å². The number of quaternary nitrogens is 1. The fourth-order valence-electron chi connectivity index (χ4n) is 3.49. The number of imide groups is 1. The second-order valence-corrected chi connectivity index (χ2v) is 7.17. The third kappa shape index (κ3) is 4.27. The topological polar surface area (TPSA) is 83.0 Å². The summed E-state index contributed by atoms with van der Waals surface area (Å²) in [6.45, 7) is 2.34. The smallest absolute Gasteiger partial charge is 0.326 e. The Hall–Kier alpha value is -3.26. The Kier molecular flexibility index (Phi) is 5.93. The maximum atomic E-state index is 13.0. The van der Waals surface area contributed by atoms with Gasteiger partial charge in [0.1, 0.15) is 17.9 Å². The lowest BCUT2D eigenvalue weighted by Crippen LogP contribution is -3.09. The van der Waals surface area contributed by atoms with Crippen LogP contribution in [0.5, 0.6) is 0 Å². The molecule has 7 nitrogen and oxygen atoms in total. The summed E-state index contributed by atoms with van der Waals surface area (Å²) in [5.74, 6) is -1.30. The van der Waals surface area contributed by atoms with Crippen LogP contribution in [0.25, 0.3) is 0 Å². The number of hydrogen-bond acceptors (Lipinski definition) is 3. The molecule has 1 heterocycles. The van der Waals surface area contributed by atoms with E-state index in [2.05, 4.69) is 10.7 Å². The SMILES string of the molecule is CC[C@@]1(c2ccccc2)NC(=O)N(NC(=O)C[NH+](C)Cc2ccc(F)cc2)C1=O. The van der Waals surface area contributed by atoms with Crippen molar-refractivity contribution in [3.05, 3.63) is 71.5 Å². The molecule has 4 amide bonds. The van der Waals surface area contributed by atoms with Crippen molar-refractivity contribution in [2.45, 2.75) is 25.4 Å². The molecule has 29 heavy (non-hydrogen) atoms. The van der Waals surface area contributed by atoms with E-state index in [0.29, 0.717) is 18.5 Å². The predicted octanol–water partition coefficient (Wildman–Crippen LogP) is 0.729. The monoisotopic (exact) mass is 399 g/mol. The second kappa shape index (κ2) is 8.40. The molecule has 0 aliphatic carbocycles. The first kappa shape index (κ1) is 20.5. The number of hydrogen-bond donors (Lipinski definition) is 3. The normalized spacial score (nSPS) is 19.8. The van der Waals surface area contributed by atoms with Gasteiger partial charge in [0.05, 0.1) is 7.05 Å². The maximum Gasteiger partial charge on any atom is 0.344 e. The Morgan fingerprint density at radius 1 is 1.14 bits per heavy atom. The van der Waals surface area contributed by atoms with Crippen molar-refractivity contribution in [2.75, 3.05) is 13.6 Å². The lowest BCUT2D eigenvalue weighted by molar-refractivity contribution is -0.885. The minimum absolute atomic E-state index is 0.0406. The highest BCUT2D eigenvalue weighted by molar-refractivity contribution is 6.08. The molecule has 8 heteroatoms. The number of likely N-dealkylation sites (N-methyl/N-ethyl adjacent to an activating group) is 1. The van der Waals surface area contributed by atoms with Gasteiger partial charge in [-0.2, -0.15) is 5.01 Å². The van der Waals surface area contributed by atoms with Gasteiger partial charge in [0.2, 0.25) is 0 Å². The summed E-state index contributed by atoms with van der Waals surface area (Å²) in [6.07, 6.45) is 0.351. The molecule has 1 unspecified atom stereocenters. The lowest BCUT2D eigenvalue weighted by atomic mass is 9.87. The third-order valence-corrected chi connectivity index (χ3v) is 5.01. The number of hydrazine groups is 1. The molecule has 3 rings (SSSR count). The largest absolute Gasteiger partial charge is 0.344 e. The fourth-order valence-corrected chi connectivity index (χ4v) is 3.49. The Morgan fingerprint density at radius 3 is 2.41 bits per heavy atom. The van der Waals surface area contributed by atoms with E-state index in [0.717, 1.165) is 15.5 Å². The number of carbonyl (C=O) groups is 3. The van der Waals surface area contributed by atoms with E-state index >= 15 is 0 Å². The Balaban J connectivity index is 1.65. The summed E-state index contributed by atoms with van der Waals surface area (Å²) in [4.78, 5) is 38.7. The van der Waals surface area contributed by atoms with Crippen molar-refractivity contribution in [1.29, 1.82) is 0 Å². The molecular formula is C21H24FN4O3+. The minimum atomic E-state index is -1.20. The highest BCUT2D eigenvalue weighted by Gasteiger charge is 2.52. The first-order chi connectivity index (χ1) is 13.9. The summed E-state index contributed by atoms with van der Waals surface area (Å²) in [7, 11) is 1.80. The number of nitrogens with zero attached hydrogens (tertiary/aromatic N) is 1. The van der Waals surface area contributed by atoms with Crippen LogP contribution < -0.4 is 15.6 Å². The summed E-state index contributed by atoms with van der Waals surface area (Å²) in [5.41, 5.74) is 2.76. The molecule has 2 aromatic carbocycles. The van der Waals surface area contributed by atoms with E-state index < -0.39 is 23.4 Å². The average molecular weight is 399 g/mol. The predicted molar refractivity (Wildman–Crippen MR) is 104 cm³/mol. The Bertz CT molecular complexity index is 904. The fraction of sp³-hybridized carbons (Fsp3) is 0.286. The zero-order valence-electron chi connectivity index (χ0n) is 16.4. The van der Waals surface area contributed by atoms with E-state index in [1.54, 1.807) is 50.4 Å². The van der Waals surface area contributed by atoms with Crippen LogP contribution in [0, 0.1) is 5.82 Å². The van der Waals surface area contributed by atoms with E-state index in [1.165, 1.54) is 12.1 Å². The van der Waals surface area contributed by atoms with Crippen molar-refractivity contribution in [2.24, 2.45) is 0 Å². The van der Waals surface area contributed by atoms with Gasteiger partial charge in [-0.1, -0.05) is 49.4 Å². The maximum absolute atomic E-state index is 13.0. The molecule has 1 aliphatic heterocycles. The molecular weight excluding hydrogens is 375 g/mol. The molecule has 0 aromatic heterocycles. The van der Waals surface area contributed by atoms with Gasteiger partial charge >= 0.3 is 6.03 Å². The molecule has 1 aliphatic rings. The highest BCUT2D eigenvalue weighted by Crippen LogP contribution is 2.31. The molecule has 3 N–H and O–H groups in total. The quantitative estimate of drug-likeness (QED) is 0.601. The van der Waals surface area contributed by atoms with Gasteiger partial charge in [-0.05, 0) is 24.1 Å². The Morgan fingerprint density at radius 2 is 1.79 bits per heavy atom. The molecule has 2 atom stereocenters. The van der Waals surface area contributed by atoms with Crippen LogP contribution in [-0.4, -0.2) is 36.4 Å². The third-order valence-electron chi connectivity index (χ3n) is 5.01. The zero-order valence-corrected chi connectivity index (χ0v) is 16.4. The second-order valence-electron chi connectivity index (χ2n) is 7.17. The van der Waals surface area contributed by atoms with Gasteiger partial charge in [-0.25, -0.2) is 9.18 Å². The number of nitrogens with one attached hydrogen (secondary N) is 3. The van der Waals surface area contributed by atoms with Crippen molar-refractivity contribution in [1.82, 2.24) is 15.8 Å². The van der Waals surface area contributed by atoms with Crippen LogP contribution in [0.3, 0.4) is 0 Å². The molecule has 1 saturated heterocycles. The molecule has 0 spiro atoms. The summed E-state index contributed by atoms with van der Waals surface area (Å²) in [6, 6.07) is 14.3. The molecule has 1 fully saturated rings. The zero-order chi connectivity index (χ0) is 21.0. The van der Waals surface area contributed by atoms with Crippen LogP contribution in [0.15, 0.2) is 54.6 Å². The van der Waals surface area contributed by atoms with Crippen LogP contribution in [0.4, 0.5) is 9.18 Å². The minimum Gasteiger partial charge on any atom is -0.326 e. The molecule has 0 radical (unpaired) electrons. The van der Waals surface area contributed by atoms with Crippen molar-refractivity contribution >= 4 is 17.8 Å². The summed E-state index contributed by atoms with van der Waals surface area (Å²) < 4.78 is 13.0. The lowest BCUT2D eigenvalue weighted by Gasteiger charge is -2.25. The number of carbonyl (C=O) groups excluding carboxylic acids is 3. The molecule has 0 saturated carbocycles. The van der Waals surface area contributed by atoms with Gasteiger partial charge in [0, 0.05) is 5.56 Å². The molecule has 2 aromatic rings. The van der Waals surface area contributed by atoms with E-state index in [9.17, 15) is 18.8 Å². The van der Waals surface area contributed by atoms with Gasteiger partial charge in [0.25, 0.3) is 11.8 Å². The number of rotatable bonds is 7. The average Bonchev–Trinajstić information content (AvgIpc) is 2.95.